The van der Waals surface area contributed by atoms with Gasteiger partial charge in [0.15, 0.2) is 0 Å². The second kappa shape index (κ2) is 6.20. The molecular formula is C14H19Br2NO. The highest BCUT2D eigenvalue weighted by atomic mass is 79.9. The third-order valence-electron chi connectivity index (χ3n) is 3.44. The van der Waals surface area contributed by atoms with Crippen LogP contribution in [0.1, 0.15) is 38.1 Å². The normalized spacial score (nSPS) is 11.7. The van der Waals surface area contributed by atoms with E-state index in [0.29, 0.717) is 18.0 Å². The van der Waals surface area contributed by atoms with Crippen molar-refractivity contribution >= 4 is 37.8 Å². The fourth-order valence-corrected chi connectivity index (χ4v) is 2.07. The Hall–Kier alpha value is -0.350. The molecule has 100 valence electrons. The number of amides is 1. The van der Waals surface area contributed by atoms with E-state index in [-0.39, 0.29) is 11.3 Å². The van der Waals surface area contributed by atoms with Crippen molar-refractivity contribution in [1.29, 1.82) is 0 Å². The molecule has 0 fully saturated rings. The fourth-order valence-electron chi connectivity index (χ4n) is 1.28. The lowest BCUT2D eigenvalue weighted by molar-refractivity contribution is 0.0924. The van der Waals surface area contributed by atoms with Crippen molar-refractivity contribution in [3.05, 3.63) is 32.7 Å². The van der Waals surface area contributed by atoms with E-state index in [0.717, 1.165) is 8.95 Å². The van der Waals surface area contributed by atoms with Gasteiger partial charge in [-0.15, -0.1) is 0 Å². The van der Waals surface area contributed by atoms with Crippen molar-refractivity contribution in [2.45, 2.75) is 27.7 Å². The Kier molecular flexibility index (Phi) is 5.41. The topological polar surface area (TPSA) is 29.1 Å². The minimum atomic E-state index is -0.0445. The van der Waals surface area contributed by atoms with Gasteiger partial charge in [0.1, 0.15) is 0 Å². The van der Waals surface area contributed by atoms with Gasteiger partial charge in [0.05, 0.1) is 5.56 Å². The number of hydrogen-bond acceptors (Lipinski definition) is 1. The Bertz CT molecular complexity index is 441. The molecule has 1 amide bonds. The highest BCUT2D eigenvalue weighted by Gasteiger charge is 2.23. The molecule has 18 heavy (non-hydrogen) atoms. The van der Waals surface area contributed by atoms with Gasteiger partial charge in [-0.25, -0.2) is 0 Å². The molecule has 0 spiro atoms. The summed E-state index contributed by atoms with van der Waals surface area (Å²) in [7, 11) is 0. The zero-order valence-electron chi connectivity index (χ0n) is 11.2. The van der Waals surface area contributed by atoms with Gasteiger partial charge in [-0.2, -0.15) is 0 Å². The van der Waals surface area contributed by atoms with Crippen molar-refractivity contribution in [3.63, 3.8) is 0 Å². The van der Waals surface area contributed by atoms with Gasteiger partial charge in [0.25, 0.3) is 5.91 Å². The van der Waals surface area contributed by atoms with E-state index in [1.54, 1.807) is 0 Å². The standard InChI is InChI=1S/C14H19Br2NO/c1-9(2)14(3,4)8-17-13(18)11-7-10(15)5-6-12(11)16/h5-7,9H,8H2,1-4H3,(H,17,18). The van der Waals surface area contributed by atoms with Crippen LogP contribution < -0.4 is 5.32 Å². The summed E-state index contributed by atoms with van der Waals surface area (Å²) < 4.78 is 1.71. The molecule has 0 atom stereocenters. The minimum Gasteiger partial charge on any atom is -0.351 e. The number of carbonyl (C=O) groups is 1. The average molecular weight is 377 g/mol. The van der Waals surface area contributed by atoms with Crippen LogP contribution in [0.3, 0.4) is 0 Å². The molecule has 4 heteroatoms. The Morgan fingerprint density at radius 2 is 1.94 bits per heavy atom. The van der Waals surface area contributed by atoms with Crippen LogP contribution in [-0.2, 0) is 0 Å². The molecule has 0 aliphatic carbocycles. The van der Waals surface area contributed by atoms with Gasteiger partial charge >= 0.3 is 0 Å². The summed E-state index contributed by atoms with van der Waals surface area (Å²) in [5.41, 5.74) is 0.748. The molecule has 1 rings (SSSR count). The van der Waals surface area contributed by atoms with E-state index in [4.69, 9.17) is 0 Å². The molecule has 0 unspecified atom stereocenters. The van der Waals surface area contributed by atoms with Crippen LogP contribution in [0, 0.1) is 11.3 Å². The van der Waals surface area contributed by atoms with Crippen LogP contribution in [0.15, 0.2) is 27.1 Å². The molecule has 1 aromatic carbocycles. The summed E-state index contributed by atoms with van der Waals surface area (Å²) >= 11 is 6.78. The molecule has 0 bridgehead atoms. The van der Waals surface area contributed by atoms with Gasteiger partial charge in [0, 0.05) is 15.5 Å². The van der Waals surface area contributed by atoms with E-state index in [9.17, 15) is 4.79 Å². The fraction of sp³-hybridized carbons (Fsp3) is 0.500. The molecule has 0 aromatic heterocycles. The largest absolute Gasteiger partial charge is 0.351 e. The van der Waals surface area contributed by atoms with Crippen molar-refractivity contribution in [2.75, 3.05) is 6.54 Å². The first kappa shape index (κ1) is 15.7. The van der Waals surface area contributed by atoms with Crippen LogP contribution >= 0.6 is 31.9 Å². The summed E-state index contributed by atoms with van der Waals surface area (Å²) in [6, 6.07) is 5.59. The van der Waals surface area contributed by atoms with Crippen molar-refractivity contribution in [2.24, 2.45) is 11.3 Å². The van der Waals surface area contributed by atoms with Gasteiger partial charge in [-0.05, 0) is 45.5 Å². The number of halogens is 2. The maximum Gasteiger partial charge on any atom is 0.252 e. The first-order chi connectivity index (χ1) is 8.24. The predicted molar refractivity (Wildman–Crippen MR) is 82.8 cm³/mol. The molecule has 0 aliphatic rings. The molecule has 1 N–H and O–H groups in total. The third kappa shape index (κ3) is 4.09. The SMILES string of the molecule is CC(C)C(C)(C)CNC(=O)c1cc(Br)ccc1Br. The summed E-state index contributed by atoms with van der Waals surface area (Å²) in [4.78, 5) is 12.1. The van der Waals surface area contributed by atoms with E-state index < -0.39 is 0 Å². The number of rotatable bonds is 4. The van der Waals surface area contributed by atoms with E-state index in [2.05, 4.69) is 64.9 Å². The smallest absolute Gasteiger partial charge is 0.252 e. The van der Waals surface area contributed by atoms with E-state index in [1.807, 2.05) is 18.2 Å². The summed E-state index contributed by atoms with van der Waals surface area (Å²) in [5, 5.41) is 3.00. The zero-order chi connectivity index (χ0) is 13.9. The zero-order valence-corrected chi connectivity index (χ0v) is 14.4. The van der Waals surface area contributed by atoms with Crippen LogP contribution in [0.4, 0.5) is 0 Å². The predicted octanol–water partition coefficient (Wildman–Crippen LogP) is 4.62. The first-order valence-corrected chi connectivity index (χ1v) is 7.56. The van der Waals surface area contributed by atoms with Crippen LogP contribution in [0.2, 0.25) is 0 Å². The summed E-state index contributed by atoms with van der Waals surface area (Å²) in [6.07, 6.45) is 0. The molecule has 1 aromatic rings. The van der Waals surface area contributed by atoms with Gasteiger partial charge in [0.2, 0.25) is 0 Å². The second-order valence-electron chi connectivity index (χ2n) is 5.45. The molecule has 2 nitrogen and oxygen atoms in total. The van der Waals surface area contributed by atoms with Gasteiger partial charge < -0.3 is 5.32 Å². The maximum absolute atomic E-state index is 12.1. The van der Waals surface area contributed by atoms with Crippen molar-refractivity contribution in [3.8, 4) is 0 Å². The minimum absolute atomic E-state index is 0.0445. The van der Waals surface area contributed by atoms with E-state index in [1.165, 1.54) is 0 Å². The Morgan fingerprint density at radius 1 is 1.33 bits per heavy atom. The number of benzene rings is 1. The van der Waals surface area contributed by atoms with E-state index >= 15 is 0 Å². The van der Waals surface area contributed by atoms with Crippen molar-refractivity contribution < 1.29 is 4.79 Å². The Labute approximate surface area is 126 Å². The number of carbonyl (C=O) groups excluding carboxylic acids is 1. The van der Waals surface area contributed by atoms with Crippen LogP contribution in [-0.4, -0.2) is 12.5 Å². The van der Waals surface area contributed by atoms with Gasteiger partial charge in [-0.1, -0.05) is 43.6 Å². The molecular weight excluding hydrogens is 358 g/mol. The molecule has 0 saturated heterocycles. The monoisotopic (exact) mass is 375 g/mol. The third-order valence-corrected chi connectivity index (χ3v) is 4.63. The highest BCUT2D eigenvalue weighted by molar-refractivity contribution is 9.11. The average Bonchev–Trinajstić information content (AvgIpc) is 2.29. The quantitative estimate of drug-likeness (QED) is 0.815. The lowest BCUT2D eigenvalue weighted by atomic mass is 9.81. The highest BCUT2D eigenvalue weighted by Crippen LogP contribution is 2.25. The van der Waals surface area contributed by atoms with Crippen molar-refractivity contribution in [1.82, 2.24) is 5.32 Å². The number of hydrogen-bond donors (Lipinski definition) is 1. The maximum atomic E-state index is 12.1. The molecule has 0 saturated carbocycles. The lowest BCUT2D eigenvalue weighted by Crippen LogP contribution is -2.37. The lowest BCUT2D eigenvalue weighted by Gasteiger charge is -2.29. The second-order valence-corrected chi connectivity index (χ2v) is 7.22. The number of nitrogens with one attached hydrogen (secondary N) is 1. The molecule has 0 heterocycles. The molecule has 0 aliphatic heterocycles. The summed E-state index contributed by atoms with van der Waals surface area (Å²) in [6.45, 7) is 9.33. The van der Waals surface area contributed by atoms with Crippen LogP contribution in [0.25, 0.3) is 0 Å². The van der Waals surface area contributed by atoms with Crippen LogP contribution in [0.5, 0.6) is 0 Å². The Morgan fingerprint density at radius 3 is 2.50 bits per heavy atom. The molecule has 0 radical (unpaired) electrons. The Balaban J connectivity index is 2.75. The summed E-state index contributed by atoms with van der Waals surface area (Å²) in [5.74, 6) is 0.473. The van der Waals surface area contributed by atoms with Gasteiger partial charge in [-0.3, -0.25) is 4.79 Å². The first-order valence-electron chi connectivity index (χ1n) is 5.97.